The van der Waals surface area contributed by atoms with E-state index in [2.05, 4.69) is 10.2 Å². The highest BCUT2D eigenvalue weighted by Crippen LogP contribution is 2.22. The molecule has 0 aliphatic heterocycles. The molecule has 0 radical (unpaired) electrons. The molecule has 0 bridgehead atoms. The van der Waals surface area contributed by atoms with Crippen LogP contribution in [0.4, 0.5) is 0 Å². The van der Waals surface area contributed by atoms with Crippen molar-refractivity contribution in [2.45, 2.75) is 6.54 Å². The molecule has 0 aliphatic rings. The second-order valence-corrected chi connectivity index (χ2v) is 3.54. The normalized spacial score (nSPS) is 10.2. The molecule has 3 N–H and O–H groups in total. The van der Waals surface area contributed by atoms with Crippen LogP contribution in [0.1, 0.15) is 5.56 Å². The number of nitrogens with one attached hydrogen (secondary N) is 1. The fourth-order valence-electron chi connectivity index (χ4n) is 1.60. The molecule has 2 rings (SSSR count). The summed E-state index contributed by atoms with van der Waals surface area (Å²) in [7, 11) is 1.61. The zero-order valence-corrected chi connectivity index (χ0v) is 9.43. The molecule has 1 heterocycles. The minimum absolute atomic E-state index is 0.247. The van der Waals surface area contributed by atoms with Gasteiger partial charge >= 0.3 is 0 Å². The van der Waals surface area contributed by atoms with E-state index in [9.17, 15) is 4.79 Å². The van der Waals surface area contributed by atoms with Crippen LogP contribution >= 0.6 is 0 Å². The number of hydrogen-bond donors (Lipinski definition) is 2. The van der Waals surface area contributed by atoms with Crippen LogP contribution in [-0.2, 0) is 6.54 Å². The number of H-pyrrole nitrogens is 1. The Morgan fingerprint density at radius 1 is 1.35 bits per heavy atom. The predicted molar refractivity (Wildman–Crippen MR) is 64.7 cm³/mol. The highest BCUT2D eigenvalue weighted by atomic mass is 16.5. The number of aromatic amines is 1. The number of hydrogen-bond acceptors (Lipinski definition) is 4. The molecule has 1 aromatic carbocycles. The van der Waals surface area contributed by atoms with Gasteiger partial charge in [-0.15, -0.1) is 0 Å². The summed E-state index contributed by atoms with van der Waals surface area (Å²) in [6, 6.07) is 8.88. The third-order valence-corrected chi connectivity index (χ3v) is 2.47. The molecule has 0 spiro atoms. The first kappa shape index (κ1) is 11.3. The second-order valence-electron chi connectivity index (χ2n) is 3.54. The first-order chi connectivity index (χ1) is 8.24. The number of nitrogens with zero attached hydrogens (tertiary/aromatic N) is 1. The Balaban J connectivity index is 2.48. The van der Waals surface area contributed by atoms with Gasteiger partial charge in [0.1, 0.15) is 5.75 Å². The molecular formula is C12H13N3O2. The zero-order chi connectivity index (χ0) is 12.3. The number of nitrogens with two attached hydrogens (primary N) is 1. The molecule has 2 aromatic rings. The van der Waals surface area contributed by atoms with Crippen molar-refractivity contribution in [2.24, 2.45) is 5.73 Å². The van der Waals surface area contributed by atoms with Crippen LogP contribution in [0.15, 0.2) is 35.1 Å². The van der Waals surface area contributed by atoms with Gasteiger partial charge in [0.2, 0.25) is 0 Å². The molecule has 0 fully saturated rings. The summed E-state index contributed by atoms with van der Waals surface area (Å²) >= 11 is 0. The topological polar surface area (TPSA) is 81.0 Å². The SMILES string of the molecule is COc1ccc(-c2n[nH]c(=O)cc2CN)cc1. The van der Waals surface area contributed by atoms with E-state index in [-0.39, 0.29) is 12.1 Å². The molecule has 0 atom stereocenters. The number of methoxy groups -OCH3 is 1. The Morgan fingerprint density at radius 2 is 2.06 bits per heavy atom. The lowest BCUT2D eigenvalue weighted by atomic mass is 10.1. The monoisotopic (exact) mass is 231 g/mol. The van der Waals surface area contributed by atoms with Crippen LogP contribution in [0, 0.1) is 0 Å². The Morgan fingerprint density at radius 3 is 2.65 bits per heavy atom. The van der Waals surface area contributed by atoms with Crippen molar-refractivity contribution in [1.29, 1.82) is 0 Å². The van der Waals surface area contributed by atoms with Gasteiger partial charge in [-0.2, -0.15) is 5.10 Å². The van der Waals surface area contributed by atoms with Gasteiger partial charge in [0.05, 0.1) is 12.8 Å². The summed E-state index contributed by atoms with van der Waals surface area (Å²) in [6.07, 6.45) is 0. The smallest absolute Gasteiger partial charge is 0.264 e. The van der Waals surface area contributed by atoms with Crippen molar-refractivity contribution >= 4 is 0 Å². The summed E-state index contributed by atoms with van der Waals surface area (Å²) < 4.78 is 5.08. The molecule has 5 nitrogen and oxygen atoms in total. The van der Waals surface area contributed by atoms with Crippen molar-refractivity contribution in [3.63, 3.8) is 0 Å². The number of aromatic nitrogens is 2. The Labute approximate surface area is 98.2 Å². The van der Waals surface area contributed by atoms with Crippen molar-refractivity contribution in [2.75, 3.05) is 7.11 Å². The Hall–Kier alpha value is -2.14. The van der Waals surface area contributed by atoms with Gasteiger partial charge in [-0.3, -0.25) is 4.79 Å². The van der Waals surface area contributed by atoms with Gasteiger partial charge < -0.3 is 10.5 Å². The Bertz CT molecular complexity index is 561. The van der Waals surface area contributed by atoms with E-state index in [0.29, 0.717) is 5.69 Å². The molecule has 0 saturated carbocycles. The standard InChI is InChI=1S/C12H13N3O2/c1-17-10-4-2-8(3-5-10)12-9(7-13)6-11(16)14-15-12/h2-6H,7,13H2,1H3,(H,14,16). The van der Waals surface area contributed by atoms with Gasteiger partial charge in [0.25, 0.3) is 5.56 Å². The fourth-order valence-corrected chi connectivity index (χ4v) is 1.60. The van der Waals surface area contributed by atoms with Crippen molar-refractivity contribution in [3.8, 4) is 17.0 Å². The molecule has 0 saturated heterocycles. The Kier molecular flexibility index (Phi) is 3.20. The minimum atomic E-state index is -0.247. The molecule has 17 heavy (non-hydrogen) atoms. The maximum atomic E-state index is 11.1. The van der Waals surface area contributed by atoms with E-state index in [1.165, 1.54) is 6.07 Å². The summed E-state index contributed by atoms with van der Waals surface area (Å²) in [5.41, 5.74) is 7.65. The average molecular weight is 231 g/mol. The first-order valence-electron chi connectivity index (χ1n) is 5.17. The van der Waals surface area contributed by atoms with Gasteiger partial charge in [-0.05, 0) is 29.8 Å². The molecule has 88 valence electrons. The van der Waals surface area contributed by atoms with Crippen LogP contribution in [0.5, 0.6) is 5.75 Å². The van der Waals surface area contributed by atoms with Gasteiger partial charge in [0, 0.05) is 18.2 Å². The predicted octanol–water partition coefficient (Wildman–Crippen LogP) is 0.904. The van der Waals surface area contributed by atoms with E-state index >= 15 is 0 Å². The fraction of sp³-hybridized carbons (Fsp3) is 0.167. The van der Waals surface area contributed by atoms with E-state index in [1.54, 1.807) is 7.11 Å². The van der Waals surface area contributed by atoms with Gasteiger partial charge in [-0.25, -0.2) is 5.10 Å². The first-order valence-corrected chi connectivity index (χ1v) is 5.17. The maximum Gasteiger partial charge on any atom is 0.264 e. The highest BCUT2D eigenvalue weighted by molar-refractivity contribution is 5.63. The summed E-state index contributed by atoms with van der Waals surface area (Å²) in [5, 5.41) is 6.43. The van der Waals surface area contributed by atoms with Crippen molar-refractivity contribution in [3.05, 3.63) is 46.2 Å². The van der Waals surface area contributed by atoms with Crippen LogP contribution in [0.2, 0.25) is 0 Å². The minimum Gasteiger partial charge on any atom is -0.497 e. The third kappa shape index (κ3) is 2.34. The lowest BCUT2D eigenvalue weighted by Gasteiger charge is -2.06. The number of benzene rings is 1. The quantitative estimate of drug-likeness (QED) is 0.822. The average Bonchev–Trinajstić information content (AvgIpc) is 2.39. The molecule has 0 aliphatic carbocycles. The summed E-state index contributed by atoms with van der Waals surface area (Å²) in [4.78, 5) is 11.1. The van der Waals surface area contributed by atoms with Crippen LogP contribution < -0.4 is 16.0 Å². The van der Waals surface area contributed by atoms with E-state index in [4.69, 9.17) is 10.5 Å². The lowest BCUT2D eigenvalue weighted by Crippen LogP contribution is -2.12. The van der Waals surface area contributed by atoms with Crippen molar-refractivity contribution in [1.82, 2.24) is 10.2 Å². The van der Waals surface area contributed by atoms with E-state index in [0.717, 1.165) is 16.9 Å². The van der Waals surface area contributed by atoms with E-state index in [1.807, 2.05) is 24.3 Å². The maximum absolute atomic E-state index is 11.1. The van der Waals surface area contributed by atoms with Crippen LogP contribution in [0.25, 0.3) is 11.3 Å². The highest BCUT2D eigenvalue weighted by Gasteiger charge is 2.06. The molecule has 0 unspecified atom stereocenters. The number of rotatable bonds is 3. The zero-order valence-electron chi connectivity index (χ0n) is 9.43. The van der Waals surface area contributed by atoms with Crippen molar-refractivity contribution < 1.29 is 4.74 Å². The molecular weight excluding hydrogens is 218 g/mol. The van der Waals surface area contributed by atoms with Gasteiger partial charge in [0.15, 0.2) is 0 Å². The van der Waals surface area contributed by atoms with Crippen LogP contribution in [-0.4, -0.2) is 17.3 Å². The summed E-state index contributed by atoms with van der Waals surface area (Å²) in [5.74, 6) is 0.771. The van der Waals surface area contributed by atoms with E-state index < -0.39 is 0 Å². The van der Waals surface area contributed by atoms with Crippen LogP contribution in [0.3, 0.4) is 0 Å². The number of ether oxygens (including phenoxy) is 1. The summed E-state index contributed by atoms with van der Waals surface area (Å²) in [6.45, 7) is 0.276. The third-order valence-electron chi connectivity index (χ3n) is 2.47. The molecule has 0 amide bonds. The largest absolute Gasteiger partial charge is 0.497 e. The molecule has 5 heteroatoms. The second kappa shape index (κ2) is 4.80. The molecule has 1 aromatic heterocycles. The van der Waals surface area contributed by atoms with Gasteiger partial charge in [-0.1, -0.05) is 0 Å². The lowest BCUT2D eigenvalue weighted by molar-refractivity contribution is 0.415.